The molecule has 1 amide bonds. The quantitative estimate of drug-likeness (QED) is 0.899. The van der Waals surface area contributed by atoms with Crippen LogP contribution in [0.3, 0.4) is 0 Å². The predicted octanol–water partition coefficient (Wildman–Crippen LogP) is 2.08. The predicted molar refractivity (Wildman–Crippen MR) is 78.0 cm³/mol. The zero-order valence-electron chi connectivity index (χ0n) is 11.9. The van der Waals surface area contributed by atoms with E-state index in [9.17, 15) is 4.79 Å². The van der Waals surface area contributed by atoms with Gasteiger partial charge in [0.1, 0.15) is 0 Å². The largest absolute Gasteiger partial charge is 0.340 e. The van der Waals surface area contributed by atoms with Crippen molar-refractivity contribution in [1.82, 2.24) is 10.2 Å². The van der Waals surface area contributed by atoms with Crippen LogP contribution in [0.5, 0.6) is 0 Å². The first-order chi connectivity index (χ1) is 9.16. The van der Waals surface area contributed by atoms with Gasteiger partial charge >= 0.3 is 0 Å². The van der Waals surface area contributed by atoms with Crippen LogP contribution in [0.1, 0.15) is 25.8 Å². The number of carbonyl (C=O) groups excluding carboxylic acids is 1. The molecular formula is C16H24N2O. The first-order valence-corrected chi connectivity index (χ1v) is 7.22. The van der Waals surface area contributed by atoms with Crippen LogP contribution >= 0.6 is 0 Å². The lowest BCUT2D eigenvalue weighted by molar-refractivity contribution is -0.132. The van der Waals surface area contributed by atoms with E-state index in [0.717, 1.165) is 26.1 Å². The maximum absolute atomic E-state index is 12.2. The van der Waals surface area contributed by atoms with Crippen molar-refractivity contribution in [1.29, 1.82) is 0 Å². The van der Waals surface area contributed by atoms with Crippen molar-refractivity contribution in [2.75, 3.05) is 19.6 Å². The Morgan fingerprint density at radius 2 is 2.11 bits per heavy atom. The molecule has 0 spiro atoms. The number of piperazine rings is 1. The molecule has 0 aliphatic carbocycles. The zero-order chi connectivity index (χ0) is 13.7. The number of rotatable bonds is 4. The number of hydrogen-bond donors (Lipinski definition) is 1. The van der Waals surface area contributed by atoms with Crippen molar-refractivity contribution < 1.29 is 4.79 Å². The van der Waals surface area contributed by atoms with Crippen LogP contribution in [0.15, 0.2) is 30.3 Å². The molecule has 1 aliphatic heterocycles. The fourth-order valence-electron chi connectivity index (χ4n) is 2.51. The van der Waals surface area contributed by atoms with Crippen molar-refractivity contribution in [3.8, 4) is 0 Å². The molecule has 104 valence electrons. The summed E-state index contributed by atoms with van der Waals surface area (Å²) < 4.78 is 0. The molecular weight excluding hydrogens is 236 g/mol. The van der Waals surface area contributed by atoms with Gasteiger partial charge in [-0.1, -0.05) is 44.2 Å². The summed E-state index contributed by atoms with van der Waals surface area (Å²) in [6.07, 6.45) is 1.46. The Bertz CT molecular complexity index is 402. The van der Waals surface area contributed by atoms with E-state index in [1.165, 1.54) is 5.56 Å². The molecule has 19 heavy (non-hydrogen) atoms. The van der Waals surface area contributed by atoms with Gasteiger partial charge in [0.25, 0.3) is 0 Å². The van der Waals surface area contributed by atoms with Gasteiger partial charge in [0.15, 0.2) is 0 Å². The first-order valence-electron chi connectivity index (χ1n) is 7.22. The number of nitrogens with one attached hydrogen (secondary N) is 1. The minimum atomic E-state index is 0.288. The number of benzene rings is 1. The van der Waals surface area contributed by atoms with E-state index in [1.807, 2.05) is 23.1 Å². The molecule has 1 N–H and O–H groups in total. The number of amides is 1. The summed E-state index contributed by atoms with van der Waals surface area (Å²) in [6, 6.07) is 10.7. The van der Waals surface area contributed by atoms with E-state index < -0.39 is 0 Å². The van der Waals surface area contributed by atoms with Crippen molar-refractivity contribution in [2.45, 2.75) is 32.7 Å². The maximum atomic E-state index is 12.2. The van der Waals surface area contributed by atoms with Crippen LogP contribution in [-0.4, -0.2) is 36.5 Å². The smallest absolute Gasteiger partial charge is 0.222 e. The number of carbonyl (C=O) groups is 1. The molecule has 1 saturated heterocycles. The van der Waals surface area contributed by atoms with Gasteiger partial charge in [-0.2, -0.15) is 0 Å². The number of aryl methyl sites for hydroxylation is 1. The second kappa shape index (κ2) is 6.71. The lowest BCUT2D eigenvalue weighted by Crippen LogP contribution is -2.54. The molecule has 3 heteroatoms. The second-order valence-electron chi connectivity index (χ2n) is 5.63. The van der Waals surface area contributed by atoms with E-state index >= 15 is 0 Å². The van der Waals surface area contributed by atoms with Gasteiger partial charge in [0, 0.05) is 32.1 Å². The van der Waals surface area contributed by atoms with Gasteiger partial charge in [-0.15, -0.1) is 0 Å². The molecule has 0 saturated carbocycles. The Labute approximate surface area is 116 Å². The van der Waals surface area contributed by atoms with Gasteiger partial charge in [-0.05, 0) is 17.9 Å². The topological polar surface area (TPSA) is 32.3 Å². The molecule has 2 rings (SSSR count). The summed E-state index contributed by atoms with van der Waals surface area (Å²) in [7, 11) is 0. The Kier molecular flexibility index (Phi) is 4.97. The molecule has 1 atom stereocenters. The second-order valence-corrected chi connectivity index (χ2v) is 5.63. The molecule has 3 nitrogen and oxygen atoms in total. The summed E-state index contributed by atoms with van der Waals surface area (Å²) in [6.45, 7) is 7.02. The Morgan fingerprint density at radius 3 is 2.79 bits per heavy atom. The minimum Gasteiger partial charge on any atom is -0.340 e. The Morgan fingerprint density at radius 1 is 1.37 bits per heavy atom. The van der Waals surface area contributed by atoms with Crippen LogP contribution in [0.2, 0.25) is 0 Å². The van der Waals surface area contributed by atoms with E-state index in [1.54, 1.807) is 0 Å². The summed E-state index contributed by atoms with van der Waals surface area (Å²) >= 11 is 0. The highest BCUT2D eigenvalue weighted by Gasteiger charge is 2.24. The SMILES string of the molecule is CC(C)C1CN(C(=O)CCc2ccccc2)CCN1. The van der Waals surface area contributed by atoms with Crippen LogP contribution in [0.25, 0.3) is 0 Å². The van der Waals surface area contributed by atoms with E-state index in [4.69, 9.17) is 0 Å². The lowest BCUT2D eigenvalue weighted by atomic mass is 10.0. The third-order valence-corrected chi connectivity index (χ3v) is 3.83. The molecule has 0 aromatic heterocycles. The summed E-state index contributed by atoms with van der Waals surface area (Å²) in [4.78, 5) is 14.3. The highest BCUT2D eigenvalue weighted by Crippen LogP contribution is 2.11. The summed E-state index contributed by atoms with van der Waals surface area (Å²) in [5.74, 6) is 0.862. The van der Waals surface area contributed by atoms with Gasteiger partial charge in [0.05, 0.1) is 0 Å². The van der Waals surface area contributed by atoms with E-state index in [-0.39, 0.29) is 5.91 Å². The molecule has 1 unspecified atom stereocenters. The van der Waals surface area contributed by atoms with Crippen LogP contribution in [0.4, 0.5) is 0 Å². The molecule has 1 aliphatic rings. The summed E-state index contributed by atoms with van der Waals surface area (Å²) in [5, 5.41) is 3.48. The van der Waals surface area contributed by atoms with E-state index in [2.05, 4.69) is 31.3 Å². The van der Waals surface area contributed by atoms with E-state index in [0.29, 0.717) is 18.4 Å². The number of hydrogen-bond acceptors (Lipinski definition) is 2. The van der Waals surface area contributed by atoms with Gasteiger partial charge in [-0.3, -0.25) is 4.79 Å². The van der Waals surface area contributed by atoms with Crippen molar-refractivity contribution in [3.05, 3.63) is 35.9 Å². The van der Waals surface area contributed by atoms with Crippen LogP contribution < -0.4 is 5.32 Å². The fourth-order valence-corrected chi connectivity index (χ4v) is 2.51. The molecule has 1 fully saturated rings. The molecule has 0 bridgehead atoms. The molecule has 1 aromatic rings. The normalized spacial score (nSPS) is 19.7. The third kappa shape index (κ3) is 4.06. The Hall–Kier alpha value is -1.35. The zero-order valence-corrected chi connectivity index (χ0v) is 11.9. The van der Waals surface area contributed by atoms with Crippen LogP contribution in [0, 0.1) is 5.92 Å². The number of nitrogens with zero attached hydrogens (tertiary/aromatic N) is 1. The van der Waals surface area contributed by atoms with Crippen molar-refractivity contribution >= 4 is 5.91 Å². The average Bonchev–Trinajstić information content (AvgIpc) is 2.46. The highest BCUT2D eigenvalue weighted by molar-refractivity contribution is 5.76. The maximum Gasteiger partial charge on any atom is 0.222 e. The standard InChI is InChI=1S/C16H24N2O/c1-13(2)15-12-18(11-10-17-15)16(19)9-8-14-6-4-3-5-7-14/h3-7,13,15,17H,8-12H2,1-2H3. The van der Waals surface area contributed by atoms with Crippen molar-refractivity contribution in [3.63, 3.8) is 0 Å². The van der Waals surface area contributed by atoms with Crippen LogP contribution in [-0.2, 0) is 11.2 Å². The first kappa shape index (κ1) is 14.1. The molecule has 0 radical (unpaired) electrons. The van der Waals surface area contributed by atoms with Gasteiger partial charge in [0.2, 0.25) is 5.91 Å². The molecule has 1 heterocycles. The molecule has 1 aromatic carbocycles. The Balaban J connectivity index is 1.83. The third-order valence-electron chi connectivity index (χ3n) is 3.83. The lowest BCUT2D eigenvalue weighted by Gasteiger charge is -2.35. The van der Waals surface area contributed by atoms with Gasteiger partial charge < -0.3 is 10.2 Å². The summed E-state index contributed by atoms with van der Waals surface area (Å²) in [5.41, 5.74) is 1.24. The highest BCUT2D eigenvalue weighted by atomic mass is 16.2. The monoisotopic (exact) mass is 260 g/mol. The van der Waals surface area contributed by atoms with Crippen molar-refractivity contribution in [2.24, 2.45) is 5.92 Å². The van der Waals surface area contributed by atoms with Gasteiger partial charge in [-0.25, -0.2) is 0 Å². The average molecular weight is 260 g/mol. The fraction of sp³-hybridized carbons (Fsp3) is 0.562. The minimum absolute atomic E-state index is 0.288.